The SMILES string of the molecule is CC[C@@H](C(=O)NC(C)(C)C)N(Cc1ccc(Cl)cc1)C(=O)CCc1ccc2c(c1)OCO2. The molecule has 1 aliphatic heterocycles. The lowest BCUT2D eigenvalue weighted by molar-refractivity contribution is -0.142. The van der Waals surface area contributed by atoms with Crippen molar-refractivity contribution in [2.24, 2.45) is 0 Å². The van der Waals surface area contributed by atoms with E-state index in [-0.39, 0.29) is 30.6 Å². The Labute approximate surface area is 194 Å². The molecule has 32 heavy (non-hydrogen) atoms. The lowest BCUT2D eigenvalue weighted by atomic mass is 10.0. The molecule has 1 N–H and O–H groups in total. The van der Waals surface area contributed by atoms with Crippen molar-refractivity contribution in [3.63, 3.8) is 0 Å². The molecule has 7 heteroatoms. The van der Waals surface area contributed by atoms with Crippen LogP contribution < -0.4 is 14.8 Å². The van der Waals surface area contributed by atoms with Crippen LogP contribution in [0.2, 0.25) is 5.02 Å². The minimum absolute atomic E-state index is 0.0754. The molecule has 0 radical (unpaired) electrons. The maximum Gasteiger partial charge on any atom is 0.243 e. The van der Waals surface area contributed by atoms with Crippen molar-refractivity contribution in [3.05, 3.63) is 58.6 Å². The first-order valence-electron chi connectivity index (χ1n) is 10.9. The molecular weight excluding hydrogens is 428 g/mol. The zero-order chi connectivity index (χ0) is 23.3. The van der Waals surface area contributed by atoms with Crippen LogP contribution in [0.4, 0.5) is 0 Å². The summed E-state index contributed by atoms with van der Waals surface area (Å²) in [5, 5.41) is 3.65. The highest BCUT2D eigenvalue weighted by Gasteiger charge is 2.30. The third-order valence-electron chi connectivity index (χ3n) is 5.21. The number of nitrogens with one attached hydrogen (secondary N) is 1. The molecule has 0 saturated heterocycles. The summed E-state index contributed by atoms with van der Waals surface area (Å²) in [5.41, 5.74) is 1.53. The topological polar surface area (TPSA) is 67.9 Å². The second-order valence-electron chi connectivity index (χ2n) is 9.00. The van der Waals surface area contributed by atoms with E-state index in [9.17, 15) is 9.59 Å². The fourth-order valence-electron chi connectivity index (χ4n) is 3.65. The Morgan fingerprint density at radius 1 is 1.06 bits per heavy atom. The number of rotatable bonds is 8. The van der Waals surface area contributed by atoms with Crippen LogP contribution in [0.3, 0.4) is 0 Å². The van der Waals surface area contributed by atoms with Gasteiger partial charge in [-0.3, -0.25) is 9.59 Å². The monoisotopic (exact) mass is 458 g/mol. The number of aryl methyl sites for hydroxylation is 1. The molecule has 2 aromatic carbocycles. The average Bonchev–Trinajstić information content (AvgIpc) is 3.20. The van der Waals surface area contributed by atoms with Crippen LogP contribution in [0.15, 0.2) is 42.5 Å². The van der Waals surface area contributed by atoms with Crippen molar-refractivity contribution < 1.29 is 19.1 Å². The van der Waals surface area contributed by atoms with Gasteiger partial charge in [-0.2, -0.15) is 0 Å². The van der Waals surface area contributed by atoms with Gasteiger partial charge in [-0.15, -0.1) is 0 Å². The normalized spacial score (nSPS) is 13.5. The molecule has 1 atom stereocenters. The van der Waals surface area contributed by atoms with E-state index in [0.717, 1.165) is 11.1 Å². The van der Waals surface area contributed by atoms with Gasteiger partial charge in [0.05, 0.1) is 0 Å². The number of carbonyl (C=O) groups excluding carboxylic acids is 2. The van der Waals surface area contributed by atoms with Gasteiger partial charge in [-0.25, -0.2) is 0 Å². The predicted molar refractivity (Wildman–Crippen MR) is 125 cm³/mol. The van der Waals surface area contributed by atoms with E-state index in [0.29, 0.717) is 35.9 Å². The summed E-state index contributed by atoms with van der Waals surface area (Å²) >= 11 is 6.02. The van der Waals surface area contributed by atoms with E-state index in [4.69, 9.17) is 21.1 Å². The number of nitrogens with zero attached hydrogens (tertiary/aromatic N) is 1. The lowest BCUT2D eigenvalue weighted by Crippen LogP contribution is -2.53. The van der Waals surface area contributed by atoms with Crippen LogP contribution in [-0.2, 0) is 22.6 Å². The summed E-state index contributed by atoms with van der Waals surface area (Å²) in [6.45, 7) is 8.28. The lowest BCUT2D eigenvalue weighted by Gasteiger charge is -2.33. The van der Waals surface area contributed by atoms with Crippen molar-refractivity contribution in [1.82, 2.24) is 10.2 Å². The van der Waals surface area contributed by atoms with E-state index in [2.05, 4.69) is 5.32 Å². The number of hydrogen-bond donors (Lipinski definition) is 1. The van der Waals surface area contributed by atoms with E-state index in [1.165, 1.54) is 0 Å². The van der Waals surface area contributed by atoms with Gasteiger partial charge in [-0.05, 0) is 69.0 Å². The molecule has 0 aliphatic carbocycles. The quantitative estimate of drug-likeness (QED) is 0.621. The summed E-state index contributed by atoms with van der Waals surface area (Å²) in [5.74, 6) is 1.19. The van der Waals surface area contributed by atoms with Crippen LogP contribution >= 0.6 is 11.6 Å². The molecule has 0 fully saturated rings. The summed E-state index contributed by atoms with van der Waals surface area (Å²) in [7, 11) is 0. The molecular formula is C25H31ClN2O4. The summed E-state index contributed by atoms with van der Waals surface area (Å²) < 4.78 is 10.8. The van der Waals surface area contributed by atoms with E-state index < -0.39 is 6.04 Å². The zero-order valence-electron chi connectivity index (χ0n) is 19.1. The molecule has 172 valence electrons. The van der Waals surface area contributed by atoms with Crippen LogP contribution in [0, 0.1) is 0 Å². The van der Waals surface area contributed by atoms with Crippen molar-refractivity contribution in [1.29, 1.82) is 0 Å². The van der Waals surface area contributed by atoms with Gasteiger partial charge < -0.3 is 19.7 Å². The molecule has 0 bridgehead atoms. The highest BCUT2D eigenvalue weighted by Crippen LogP contribution is 2.32. The molecule has 0 spiro atoms. The Bertz CT molecular complexity index is 953. The minimum atomic E-state index is -0.561. The van der Waals surface area contributed by atoms with E-state index >= 15 is 0 Å². The molecule has 1 heterocycles. The number of benzene rings is 2. The van der Waals surface area contributed by atoms with E-state index in [1.54, 1.807) is 17.0 Å². The summed E-state index contributed by atoms with van der Waals surface area (Å²) in [6, 6.07) is 12.5. The standard InChI is InChI=1S/C25H31ClN2O4/c1-5-20(24(30)27-25(2,3)4)28(15-18-6-10-19(26)11-7-18)23(29)13-9-17-8-12-21-22(14-17)32-16-31-21/h6-8,10-12,14,20H,5,9,13,15-16H2,1-4H3,(H,27,30)/t20-/m0/s1. The second-order valence-corrected chi connectivity index (χ2v) is 9.44. The van der Waals surface area contributed by atoms with Crippen LogP contribution in [0.25, 0.3) is 0 Å². The molecule has 0 saturated carbocycles. The Balaban J connectivity index is 1.77. The van der Waals surface area contributed by atoms with Gasteiger partial charge in [0.2, 0.25) is 18.6 Å². The Kier molecular flexibility index (Phi) is 7.67. The van der Waals surface area contributed by atoms with Gasteiger partial charge in [-0.1, -0.05) is 36.7 Å². The molecule has 0 aromatic heterocycles. The van der Waals surface area contributed by atoms with Gasteiger partial charge in [0.1, 0.15) is 6.04 Å². The van der Waals surface area contributed by atoms with Crippen LogP contribution in [-0.4, -0.2) is 35.1 Å². The van der Waals surface area contributed by atoms with Crippen molar-refractivity contribution in [2.45, 2.75) is 65.1 Å². The largest absolute Gasteiger partial charge is 0.454 e. The predicted octanol–water partition coefficient (Wildman–Crippen LogP) is 4.72. The first-order chi connectivity index (χ1) is 15.2. The van der Waals surface area contributed by atoms with Gasteiger partial charge in [0.15, 0.2) is 11.5 Å². The molecule has 1 aliphatic rings. The average molecular weight is 459 g/mol. The summed E-state index contributed by atoms with van der Waals surface area (Å²) in [4.78, 5) is 28.1. The van der Waals surface area contributed by atoms with E-state index in [1.807, 2.05) is 58.0 Å². The third-order valence-corrected chi connectivity index (χ3v) is 5.47. The Morgan fingerprint density at radius 2 is 1.72 bits per heavy atom. The number of fused-ring (bicyclic) bond motifs is 1. The highest BCUT2D eigenvalue weighted by molar-refractivity contribution is 6.30. The first-order valence-corrected chi connectivity index (χ1v) is 11.3. The molecule has 6 nitrogen and oxygen atoms in total. The number of ether oxygens (including phenoxy) is 2. The minimum Gasteiger partial charge on any atom is -0.454 e. The maximum atomic E-state index is 13.4. The number of hydrogen-bond acceptors (Lipinski definition) is 4. The van der Waals surface area contributed by atoms with Crippen LogP contribution in [0.5, 0.6) is 11.5 Å². The first kappa shape index (κ1) is 23.9. The Morgan fingerprint density at radius 3 is 2.38 bits per heavy atom. The van der Waals surface area contributed by atoms with Crippen molar-refractivity contribution in [2.75, 3.05) is 6.79 Å². The fourth-order valence-corrected chi connectivity index (χ4v) is 3.78. The molecule has 0 unspecified atom stereocenters. The smallest absolute Gasteiger partial charge is 0.243 e. The van der Waals surface area contributed by atoms with Gasteiger partial charge in [0.25, 0.3) is 0 Å². The molecule has 2 aromatic rings. The summed E-state index contributed by atoms with van der Waals surface area (Å²) in [6.07, 6.45) is 1.35. The number of amides is 2. The Hall–Kier alpha value is -2.73. The fraction of sp³-hybridized carbons (Fsp3) is 0.440. The van der Waals surface area contributed by atoms with Gasteiger partial charge >= 0.3 is 0 Å². The van der Waals surface area contributed by atoms with Gasteiger partial charge in [0, 0.05) is 23.5 Å². The zero-order valence-corrected chi connectivity index (χ0v) is 19.9. The number of halogens is 1. The van der Waals surface area contributed by atoms with Crippen LogP contribution in [0.1, 0.15) is 51.7 Å². The second kappa shape index (κ2) is 10.3. The molecule has 2 amide bonds. The molecule has 3 rings (SSSR count). The third kappa shape index (κ3) is 6.39. The van der Waals surface area contributed by atoms with Crippen molar-refractivity contribution >= 4 is 23.4 Å². The highest BCUT2D eigenvalue weighted by atomic mass is 35.5. The van der Waals surface area contributed by atoms with Crippen molar-refractivity contribution in [3.8, 4) is 11.5 Å². The maximum absolute atomic E-state index is 13.4. The number of carbonyl (C=O) groups is 2.